The van der Waals surface area contributed by atoms with Crippen LogP contribution in [0, 0.1) is 20.2 Å². The zero-order chi connectivity index (χ0) is 21.7. The summed E-state index contributed by atoms with van der Waals surface area (Å²) in [7, 11) is 0. The number of hydrogen-bond acceptors (Lipinski definition) is 4. The van der Waals surface area contributed by atoms with E-state index >= 15 is 0 Å². The predicted octanol–water partition coefficient (Wildman–Crippen LogP) is 7.25. The van der Waals surface area contributed by atoms with Crippen LogP contribution in [0.5, 0.6) is 0 Å². The minimum atomic E-state index is -0.604. The fourth-order valence-electron chi connectivity index (χ4n) is 3.00. The highest BCUT2D eigenvalue weighted by Gasteiger charge is 2.30. The second-order valence-corrected chi connectivity index (χ2v) is 8.42. The number of halogens is 2. The Hall–Kier alpha value is -2.84. The lowest BCUT2D eigenvalue weighted by molar-refractivity contribution is -0.394. The highest BCUT2D eigenvalue weighted by Crippen LogP contribution is 2.46. The maximum absolute atomic E-state index is 11.7. The maximum atomic E-state index is 11.7. The van der Waals surface area contributed by atoms with Crippen LogP contribution in [-0.4, -0.2) is 9.85 Å². The van der Waals surface area contributed by atoms with Gasteiger partial charge in [0.05, 0.1) is 31.1 Å². The number of nitro benzene ring substituents is 2. The summed E-state index contributed by atoms with van der Waals surface area (Å²) in [6, 6.07) is 21.3. The van der Waals surface area contributed by atoms with Gasteiger partial charge in [-0.05, 0) is 23.3 Å². The third kappa shape index (κ3) is 5.01. The van der Waals surface area contributed by atoms with Crippen LogP contribution in [0.2, 0.25) is 0 Å². The molecule has 3 aromatic rings. The molecule has 0 N–H and O–H groups in total. The van der Waals surface area contributed by atoms with Gasteiger partial charge in [-0.1, -0.05) is 98.6 Å². The molecule has 8 heteroatoms. The summed E-state index contributed by atoms with van der Waals surface area (Å²) in [4.78, 5) is 21.3. The molecule has 2 atom stereocenters. The SMILES string of the molecule is O=[N+]([O-])c1cc([N+](=O)[O-])c([C@@H](Br)[C@H](Br)c2ccccc2)cc1C=Cc1ccccc1. The molecule has 0 saturated carbocycles. The first-order chi connectivity index (χ1) is 14.4. The Kier molecular flexibility index (Phi) is 7.12. The molecule has 0 saturated heterocycles. The molecular weight excluding hydrogens is 516 g/mol. The molecular formula is C22H16Br2N2O4. The summed E-state index contributed by atoms with van der Waals surface area (Å²) < 4.78 is 0. The lowest BCUT2D eigenvalue weighted by Gasteiger charge is -2.18. The monoisotopic (exact) mass is 530 g/mol. The third-order valence-electron chi connectivity index (χ3n) is 4.50. The topological polar surface area (TPSA) is 86.3 Å². The first-order valence-corrected chi connectivity index (χ1v) is 10.7. The number of benzene rings is 3. The largest absolute Gasteiger partial charge is 0.283 e. The van der Waals surface area contributed by atoms with Crippen molar-refractivity contribution in [3.8, 4) is 0 Å². The molecule has 0 unspecified atom stereocenters. The van der Waals surface area contributed by atoms with Gasteiger partial charge in [0.1, 0.15) is 0 Å². The van der Waals surface area contributed by atoms with Crippen molar-refractivity contribution < 1.29 is 9.85 Å². The van der Waals surface area contributed by atoms with Crippen molar-refractivity contribution in [3.63, 3.8) is 0 Å². The molecule has 0 heterocycles. The average Bonchev–Trinajstić information content (AvgIpc) is 2.77. The Morgan fingerprint density at radius 3 is 1.87 bits per heavy atom. The third-order valence-corrected chi connectivity index (χ3v) is 7.29. The molecule has 3 rings (SSSR count). The number of alkyl halides is 2. The van der Waals surface area contributed by atoms with Crippen LogP contribution in [0.15, 0.2) is 72.8 Å². The summed E-state index contributed by atoms with van der Waals surface area (Å²) in [5, 5.41) is 23.3. The second kappa shape index (κ2) is 9.77. The van der Waals surface area contributed by atoms with Crippen molar-refractivity contribution in [2.24, 2.45) is 0 Å². The minimum absolute atomic E-state index is 0.273. The van der Waals surface area contributed by atoms with E-state index in [1.54, 1.807) is 12.2 Å². The van der Waals surface area contributed by atoms with Crippen LogP contribution in [0.25, 0.3) is 12.2 Å². The van der Waals surface area contributed by atoms with E-state index in [-0.39, 0.29) is 16.2 Å². The minimum Gasteiger partial charge on any atom is -0.258 e. The van der Waals surface area contributed by atoms with E-state index in [9.17, 15) is 20.2 Å². The van der Waals surface area contributed by atoms with Gasteiger partial charge >= 0.3 is 0 Å². The number of nitro groups is 2. The lowest BCUT2D eigenvalue weighted by atomic mass is 9.98. The average molecular weight is 532 g/mol. The van der Waals surface area contributed by atoms with E-state index in [1.165, 1.54) is 6.07 Å². The molecule has 0 radical (unpaired) electrons. The van der Waals surface area contributed by atoms with Crippen molar-refractivity contribution in [1.29, 1.82) is 0 Å². The van der Waals surface area contributed by atoms with Gasteiger partial charge in [0.2, 0.25) is 0 Å². The molecule has 0 spiro atoms. The van der Waals surface area contributed by atoms with Crippen LogP contribution in [0.4, 0.5) is 11.4 Å². The number of nitrogens with zero attached hydrogens (tertiary/aromatic N) is 2. The normalized spacial score (nSPS) is 13.1. The van der Waals surface area contributed by atoms with Gasteiger partial charge in [-0.2, -0.15) is 0 Å². The van der Waals surface area contributed by atoms with Crippen molar-refractivity contribution in [2.75, 3.05) is 0 Å². The van der Waals surface area contributed by atoms with Gasteiger partial charge in [0, 0.05) is 5.56 Å². The molecule has 0 aliphatic heterocycles. The van der Waals surface area contributed by atoms with E-state index in [1.807, 2.05) is 60.7 Å². The van der Waals surface area contributed by atoms with Gasteiger partial charge in [-0.3, -0.25) is 20.2 Å². The van der Waals surface area contributed by atoms with E-state index in [2.05, 4.69) is 31.9 Å². The Labute approximate surface area is 189 Å². The van der Waals surface area contributed by atoms with Crippen LogP contribution >= 0.6 is 31.9 Å². The maximum Gasteiger partial charge on any atom is 0.283 e. The van der Waals surface area contributed by atoms with E-state index in [0.29, 0.717) is 11.1 Å². The fourth-order valence-corrected chi connectivity index (χ4v) is 4.26. The quantitative estimate of drug-likeness (QED) is 0.139. The van der Waals surface area contributed by atoms with Gasteiger partial charge < -0.3 is 0 Å². The first-order valence-electron chi connectivity index (χ1n) is 8.91. The first kappa shape index (κ1) is 21.9. The zero-order valence-electron chi connectivity index (χ0n) is 15.5. The summed E-state index contributed by atoms with van der Waals surface area (Å²) in [5.41, 5.74) is 1.81. The molecule has 0 bridgehead atoms. The van der Waals surface area contributed by atoms with E-state index in [0.717, 1.165) is 17.2 Å². The summed E-state index contributed by atoms with van der Waals surface area (Å²) >= 11 is 7.15. The van der Waals surface area contributed by atoms with E-state index in [4.69, 9.17) is 0 Å². The van der Waals surface area contributed by atoms with Gasteiger partial charge in [-0.25, -0.2) is 0 Å². The lowest BCUT2D eigenvalue weighted by Crippen LogP contribution is -2.05. The molecule has 0 aliphatic carbocycles. The highest BCUT2D eigenvalue weighted by atomic mass is 79.9. The van der Waals surface area contributed by atoms with Crippen LogP contribution in [-0.2, 0) is 0 Å². The zero-order valence-corrected chi connectivity index (χ0v) is 18.7. The molecule has 3 aromatic carbocycles. The highest BCUT2D eigenvalue weighted by molar-refractivity contribution is 9.12. The molecule has 0 fully saturated rings. The molecule has 152 valence electrons. The second-order valence-electron chi connectivity index (χ2n) is 6.44. The molecule has 0 aromatic heterocycles. The standard InChI is InChI=1S/C22H16Br2N2O4/c23-21(16-9-5-2-6-10-16)22(24)18-13-17(12-11-15-7-3-1-4-8-15)19(25(27)28)14-20(18)26(29)30/h1-14,21-22H/t21-,22-/m1/s1. The van der Waals surface area contributed by atoms with Crippen molar-refractivity contribution in [2.45, 2.75) is 9.65 Å². The Morgan fingerprint density at radius 1 is 0.733 bits per heavy atom. The smallest absolute Gasteiger partial charge is 0.258 e. The predicted molar refractivity (Wildman–Crippen MR) is 125 cm³/mol. The van der Waals surface area contributed by atoms with Crippen LogP contribution in [0.3, 0.4) is 0 Å². The van der Waals surface area contributed by atoms with Crippen LogP contribution in [0.1, 0.15) is 31.9 Å². The Morgan fingerprint density at radius 2 is 1.30 bits per heavy atom. The number of rotatable bonds is 7. The van der Waals surface area contributed by atoms with Gasteiger partial charge in [-0.15, -0.1) is 0 Å². The van der Waals surface area contributed by atoms with Crippen molar-refractivity contribution >= 4 is 55.4 Å². The van der Waals surface area contributed by atoms with Crippen LogP contribution < -0.4 is 0 Å². The summed E-state index contributed by atoms with van der Waals surface area (Å²) in [6.07, 6.45) is 3.34. The molecule has 0 amide bonds. The molecule has 30 heavy (non-hydrogen) atoms. The van der Waals surface area contributed by atoms with Gasteiger partial charge in [0.15, 0.2) is 0 Å². The van der Waals surface area contributed by atoms with Crippen molar-refractivity contribution in [1.82, 2.24) is 0 Å². The fraction of sp³-hybridized carbons (Fsp3) is 0.0909. The van der Waals surface area contributed by atoms with E-state index < -0.39 is 14.7 Å². The molecule has 6 nitrogen and oxygen atoms in total. The van der Waals surface area contributed by atoms with Gasteiger partial charge in [0.25, 0.3) is 11.4 Å². The van der Waals surface area contributed by atoms with Crippen molar-refractivity contribution in [3.05, 3.63) is 115 Å². The Balaban J connectivity index is 2.10. The summed E-state index contributed by atoms with van der Waals surface area (Å²) in [5.74, 6) is 0. The number of hydrogen-bond donors (Lipinski definition) is 0. The Bertz CT molecular complexity index is 1090. The molecule has 0 aliphatic rings. The summed E-state index contributed by atoms with van der Waals surface area (Å²) in [6.45, 7) is 0.